The molecule has 0 aliphatic rings. The molecule has 1 amide bonds. The van der Waals surface area contributed by atoms with Crippen LogP contribution in [0.1, 0.15) is 21.6 Å². The normalized spacial score (nSPS) is 10.9. The number of aromatic nitrogens is 1. The second kappa shape index (κ2) is 9.34. The van der Waals surface area contributed by atoms with Crippen molar-refractivity contribution in [3.05, 3.63) is 69.7 Å². The van der Waals surface area contributed by atoms with Crippen molar-refractivity contribution in [3.63, 3.8) is 0 Å². The van der Waals surface area contributed by atoms with E-state index in [1.807, 2.05) is 33.9 Å². The zero-order chi connectivity index (χ0) is 22.6. The van der Waals surface area contributed by atoms with Crippen LogP contribution in [-0.2, 0) is 16.6 Å². The van der Waals surface area contributed by atoms with Crippen LogP contribution in [0, 0.1) is 11.3 Å². The van der Waals surface area contributed by atoms with Gasteiger partial charge >= 0.3 is 0 Å². The van der Waals surface area contributed by atoms with Gasteiger partial charge in [-0.25, -0.2) is 18.1 Å². The second-order valence-electron chi connectivity index (χ2n) is 6.42. The lowest BCUT2D eigenvalue weighted by molar-refractivity contribution is 0.0977. The van der Waals surface area contributed by atoms with Gasteiger partial charge in [0.2, 0.25) is 10.0 Å². The topological polar surface area (TPSA) is 112 Å². The van der Waals surface area contributed by atoms with Gasteiger partial charge in [-0.1, -0.05) is 35.1 Å². The number of nitriles is 1. The smallest absolute Gasteiger partial charge is 0.285 e. The van der Waals surface area contributed by atoms with Gasteiger partial charge in [0.25, 0.3) is 5.91 Å². The number of anilines is 2. The summed E-state index contributed by atoms with van der Waals surface area (Å²) in [5.74, 6) is -0.190. The Morgan fingerprint density at radius 3 is 2.42 bits per heavy atom. The molecule has 3 aromatic rings. The van der Waals surface area contributed by atoms with Crippen molar-refractivity contribution in [1.29, 1.82) is 5.26 Å². The average Bonchev–Trinajstić information content (AvgIpc) is 3.13. The van der Waals surface area contributed by atoms with Crippen molar-refractivity contribution in [1.82, 2.24) is 9.71 Å². The number of hydrogen-bond donors (Lipinski definition) is 1. The van der Waals surface area contributed by atoms with Crippen molar-refractivity contribution in [2.75, 3.05) is 18.3 Å². The van der Waals surface area contributed by atoms with Gasteiger partial charge < -0.3 is 9.64 Å². The van der Waals surface area contributed by atoms with Gasteiger partial charge in [-0.3, -0.25) is 4.79 Å². The molecular formula is C20H17ClN4O4S2. The maximum absolute atomic E-state index is 12.3. The first-order chi connectivity index (χ1) is 14.7. The Morgan fingerprint density at radius 1 is 1.23 bits per heavy atom. The lowest BCUT2D eigenvalue weighted by Crippen LogP contribution is -2.29. The van der Waals surface area contributed by atoms with Crippen LogP contribution in [0.5, 0.6) is 5.75 Å². The summed E-state index contributed by atoms with van der Waals surface area (Å²) in [5.41, 5.74) is 1.97. The summed E-state index contributed by atoms with van der Waals surface area (Å²) in [5, 5.41) is 9.46. The molecule has 1 N–H and O–H groups in total. The number of thiazole rings is 1. The van der Waals surface area contributed by atoms with Crippen molar-refractivity contribution < 1.29 is 17.9 Å². The molecule has 160 valence electrons. The summed E-state index contributed by atoms with van der Waals surface area (Å²) >= 11 is 7.25. The van der Waals surface area contributed by atoms with Crippen LogP contribution in [0.4, 0.5) is 10.8 Å². The molecule has 0 aliphatic carbocycles. The highest BCUT2D eigenvalue weighted by molar-refractivity contribution is 7.89. The molecule has 0 spiro atoms. The van der Waals surface area contributed by atoms with E-state index in [9.17, 15) is 13.2 Å². The number of carbonyl (C=O) groups excluding carboxylic acids is 1. The number of benzene rings is 2. The molecule has 1 aromatic heterocycles. The van der Waals surface area contributed by atoms with Gasteiger partial charge in [0, 0.05) is 5.69 Å². The predicted octanol–water partition coefficient (Wildman–Crippen LogP) is 3.70. The molecule has 0 saturated carbocycles. The van der Waals surface area contributed by atoms with E-state index in [0.29, 0.717) is 23.0 Å². The number of ether oxygens (including phenoxy) is 1. The molecule has 31 heavy (non-hydrogen) atoms. The van der Waals surface area contributed by atoms with Crippen molar-refractivity contribution in [2.45, 2.75) is 6.54 Å². The maximum Gasteiger partial charge on any atom is 0.285 e. The molecule has 2 aromatic carbocycles. The highest BCUT2D eigenvalue weighted by Crippen LogP contribution is 2.36. The summed E-state index contributed by atoms with van der Waals surface area (Å²) in [4.78, 5) is 18.4. The maximum atomic E-state index is 12.3. The largest absolute Gasteiger partial charge is 0.497 e. The van der Waals surface area contributed by atoms with Crippen LogP contribution in [0.15, 0.2) is 48.5 Å². The summed E-state index contributed by atoms with van der Waals surface area (Å²) in [7, 11) is -2.18. The zero-order valence-corrected chi connectivity index (χ0v) is 18.9. The minimum atomic E-state index is -3.76. The fourth-order valence-corrected chi connectivity index (χ4v) is 4.24. The van der Waals surface area contributed by atoms with E-state index in [4.69, 9.17) is 21.6 Å². The monoisotopic (exact) mass is 476 g/mol. The van der Waals surface area contributed by atoms with Crippen molar-refractivity contribution in [2.24, 2.45) is 0 Å². The molecule has 0 radical (unpaired) electrons. The number of carbonyl (C=O) groups is 1. The van der Waals surface area contributed by atoms with Crippen LogP contribution in [0.3, 0.4) is 0 Å². The molecule has 0 saturated heterocycles. The van der Waals surface area contributed by atoms with E-state index in [1.54, 1.807) is 31.4 Å². The van der Waals surface area contributed by atoms with E-state index in [-0.39, 0.29) is 10.0 Å². The highest BCUT2D eigenvalue weighted by atomic mass is 35.5. The highest BCUT2D eigenvalue weighted by Gasteiger charge is 2.23. The third-order valence-electron chi connectivity index (χ3n) is 4.11. The minimum absolute atomic E-state index is 0.0597. The number of amides is 1. The molecule has 8 nitrogen and oxygen atoms in total. The first-order valence-corrected chi connectivity index (χ1v) is 11.9. The lowest BCUT2D eigenvalue weighted by Gasteiger charge is -2.22. The Morgan fingerprint density at radius 2 is 1.87 bits per heavy atom. The number of methoxy groups -OCH3 is 1. The molecule has 3 rings (SSSR count). The lowest BCUT2D eigenvalue weighted by atomic mass is 10.1. The van der Waals surface area contributed by atoms with Crippen LogP contribution in [-0.4, -0.2) is 32.7 Å². The Hall–Kier alpha value is -3.13. The van der Waals surface area contributed by atoms with Crippen LogP contribution in [0.25, 0.3) is 0 Å². The van der Waals surface area contributed by atoms with Gasteiger partial charge in [0.15, 0.2) is 10.8 Å². The molecule has 11 heteroatoms. The van der Waals surface area contributed by atoms with Crippen molar-refractivity contribution >= 4 is 49.7 Å². The number of nitrogens with one attached hydrogen (secondary N) is 1. The SMILES string of the molecule is COc1ccc(CN(c2ccc(C#N)cc2)c2nc(C(=O)NS(C)(=O)=O)c(Cl)s2)cc1. The quantitative estimate of drug-likeness (QED) is 0.553. The van der Waals surface area contributed by atoms with Gasteiger partial charge in [0.1, 0.15) is 10.1 Å². The second-order valence-corrected chi connectivity index (χ2v) is 9.74. The van der Waals surface area contributed by atoms with E-state index >= 15 is 0 Å². The van der Waals surface area contributed by atoms with Crippen molar-refractivity contribution in [3.8, 4) is 11.8 Å². The van der Waals surface area contributed by atoms with Gasteiger partial charge in [-0.05, 0) is 42.0 Å². The number of rotatable bonds is 7. The summed E-state index contributed by atoms with van der Waals surface area (Å²) < 4.78 is 29.9. The standard InChI is InChI=1S/C20H17ClN4O4S2/c1-29-16-9-5-14(6-10-16)12-25(15-7-3-13(11-22)4-8-15)20-23-17(18(21)30-20)19(26)24-31(2,27)28/h3-10H,12H2,1-2H3,(H,24,26). The third kappa shape index (κ3) is 5.73. The first kappa shape index (κ1) is 22.6. The molecule has 1 heterocycles. The zero-order valence-electron chi connectivity index (χ0n) is 16.5. The van der Waals surface area contributed by atoms with Crippen LogP contribution < -0.4 is 14.4 Å². The fourth-order valence-electron chi connectivity index (χ4n) is 2.66. The van der Waals surface area contributed by atoms with Gasteiger partial charge in [0.05, 0.1) is 31.5 Å². The van der Waals surface area contributed by atoms with Gasteiger partial charge in [-0.15, -0.1) is 0 Å². The molecule has 0 atom stereocenters. The molecular weight excluding hydrogens is 460 g/mol. The number of hydrogen-bond acceptors (Lipinski definition) is 8. The summed E-state index contributed by atoms with van der Waals surface area (Å²) in [6.07, 6.45) is 0.874. The summed E-state index contributed by atoms with van der Waals surface area (Å²) in [6.45, 7) is 0.382. The minimum Gasteiger partial charge on any atom is -0.497 e. The van der Waals surface area contributed by atoms with E-state index in [0.717, 1.165) is 28.8 Å². The number of nitrogens with zero attached hydrogens (tertiary/aromatic N) is 3. The van der Waals surface area contributed by atoms with Crippen LogP contribution in [0.2, 0.25) is 4.34 Å². The molecule has 0 bridgehead atoms. The summed E-state index contributed by atoms with van der Waals surface area (Å²) in [6, 6.07) is 16.4. The first-order valence-electron chi connectivity index (χ1n) is 8.79. The average molecular weight is 477 g/mol. The molecule has 0 aliphatic heterocycles. The van der Waals surface area contributed by atoms with E-state index in [2.05, 4.69) is 11.1 Å². The predicted molar refractivity (Wildman–Crippen MR) is 119 cm³/mol. The Labute approximate surface area is 188 Å². The Bertz CT molecular complexity index is 1230. The number of halogens is 1. The molecule has 0 unspecified atom stereocenters. The fraction of sp³-hybridized carbons (Fsp3) is 0.150. The van der Waals surface area contributed by atoms with E-state index < -0.39 is 15.9 Å². The number of sulfonamides is 1. The Kier molecular flexibility index (Phi) is 6.80. The third-order valence-corrected chi connectivity index (χ3v) is 5.94. The molecule has 0 fully saturated rings. The van der Waals surface area contributed by atoms with Gasteiger partial charge in [-0.2, -0.15) is 5.26 Å². The Balaban J connectivity index is 2.00. The van der Waals surface area contributed by atoms with E-state index in [1.165, 1.54) is 0 Å². The van der Waals surface area contributed by atoms with Crippen LogP contribution >= 0.6 is 22.9 Å².